The van der Waals surface area contributed by atoms with Gasteiger partial charge in [-0.15, -0.1) is 0 Å². The highest BCUT2D eigenvalue weighted by atomic mass is 16.4. The molecular weight excluding hydrogens is 272 g/mol. The second kappa shape index (κ2) is 5.25. The summed E-state index contributed by atoms with van der Waals surface area (Å²) in [6.45, 7) is 8.93. The molecule has 1 saturated carbocycles. The molecule has 0 aliphatic heterocycles. The molecule has 3 aliphatic carbocycles. The van der Waals surface area contributed by atoms with Crippen molar-refractivity contribution in [3.8, 4) is 0 Å². The van der Waals surface area contributed by atoms with Crippen LogP contribution in [0, 0.1) is 28.6 Å². The Bertz CT molecular complexity index is 542. The van der Waals surface area contributed by atoms with E-state index in [1.165, 1.54) is 24.8 Å². The summed E-state index contributed by atoms with van der Waals surface area (Å²) in [5, 5.41) is 9.83. The van der Waals surface area contributed by atoms with Crippen LogP contribution in [-0.2, 0) is 4.79 Å². The van der Waals surface area contributed by atoms with Crippen molar-refractivity contribution in [1.82, 2.24) is 0 Å². The molecule has 0 aromatic heterocycles. The van der Waals surface area contributed by atoms with Crippen LogP contribution < -0.4 is 0 Å². The lowest BCUT2D eigenvalue weighted by molar-refractivity contribution is -0.162. The van der Waals surface area contributed by atoms with E-state index in [9.17, 15) is 9.90 Å². The standard InChI is InChI=1S/C20H30O2/c1-13(2)14-6-8-16-15(12-14)7-9-17-19(16,3)10-5-11-20(17,4)18(21)22/h7,12-13,16-17H,5-6,8-11H2,1-4H3,(H,21,22)/t16-,17-,19+,20-/m1/s1. The van der Waals surface area contributed by atoms with Gasteiger partial charge in [0.2, 0.25) is 0 Å². The number of hydrogen-bond acceptors (Lipinski definition) is 1. The van der Waals surface area contributed by atoms with E-state index in [0.717, 1.165) is 19.3 Å². The largest absolute Gasteiger partial charge is 0.481 e. The third kappa shape index (κ3) is 2.18. The SMILES string of the molecule is CC(C)C1=CC2=CC[C@@H]3[C@@](C)(CCC[C@@]3(C)C(=O)O)[C@@H]2CC1. The number of allylic oxidation sites excluding steroid dienone is 4. The smallest absolute Gasteiger partial charge is 0.309 e. The number of aliphatic carboxylic acids is 1. The third-order valence-corrected chi connectivity index (χ3v) is 7.07. The number of carbonyl (C=O) groups is 1. The second-order valence-corrected chi connectivity index (χ2v) is 8.54. The number of rotatable bonds is 2. The summed E-state index contributed by atoms with van der Waals surface area (Å²) in [6, 6.07) is 0. The van der Waals surface area contributed by atoms with Gasteiger partial charge in [0.15, 0.2) is 0 Å². The van der Waals surface area contributed by atoms with Gasteiger partial charge in [-0.05, 0) is 67.8 Å². The zero-order valence-corrected chi connectivity index (χ0v) is 14.5. The van der Waals surface area contributed by atoms with Crippen molar-refractivity contribution in [3.05, 3.63) is 23.3 Å². The summed E-state index contributed by atoms with van der Waals surface area (Å²) in [7, 11) is 0. The van der Waals surface area contributed by atoms with Crippen LogP contribution in [0.4, 0.5) is 0 Å². The Morgan fingerprint density at radius 2 is 2.05 bits per heavy atom. The van der Waals surface area contributed by atoms with Crippen LogP contribution in [-0.4, -0.2) is 11.1 Å². The summed E-state index contributed by atoms with van der Waals surface area (Å²) in [4.78, 5) is 11.9. The fourth-order valence-corrected chi connectivity index (χ4v) is 5.60. The topological polar surface area (TPSA) is 37.3 Å². The van der Waals surface area contributed by atoms with Gasteiger partial charge in [-0.2, -0.15) is 0 Å². The molecule has 3 rings (SSSR count). The molecule has 22 heavy (non-hydrogen) atoms. The molecule has 122 valence electrons. The molecule has 0 bridgehead atoms. The van der Waals surface area contributed by atoms with Crippen LogP contribution in [0.5, 0.6) is 0 Å². The first-order chi connectivity index (χ1) is 10.3. The van der Waals surface area contributed by atoms with Crippen molar-refractivity contribution in [3.63, 3.8) is 0 Å². The van der Waals surface area contributed by atoms with Gasteiger partial charge in [0, 0.05) is 0 Å². The first-order valence-electron chi connectivity index (χ1n) is 8.93. The number of carboxylic acid groups (broad SMARTS) is 1. The maximum Gasteiger partial charge on any atom is 0.309 e. The summed E-state index contributed by atoms with van der Waals surface area (Å²) >= 11 is 0. The Morgan fingerprint density at radius 1 is 1.32 bits per heavy atom. The zero-order chi connectivity index (χ0) is 16.1. The van der Waals surface area contributed by atoms with Crippen molar-refractivity contribution in [2.75, 3.05) is 0 Å². The zero-order valence-electron chi connectivity index (χ0n) is 14.5. The summed E-state index contributed by atoms with van der Waals surface area (Å²) in [6.07, 6.45) is 11.2. The fourth-order valence-electron chi connectivity index (χ4n) is 5.60. The molecule has 3 aliphatic rings. The summed E-state index contributed by atoms with van der Waals surface area (Å²) in [5.41, 5.74) is 2.69. The van der Waals surface area contributed by atoms with Crippen LogP contribution in [0.1, 0.15) is 66.2 Å². The maximum atomic E-state index is 11.9. The summed E-state index contributed by atoms with van der Waals surface area (Å²) < 4.78 is 0. The monoisotopic (exact) mass is 302 g/mol. The average Bonchev–Trinajstić information content (AvgIpc) is 2.46. The minimum atomic E-state index is -0.588. The molecule has 0 amide bonds. The first-order valence-corrected chi connectivity index (χ1v) is 8.93. The second-order valence-electron chi connectivity index (χ2n) is 8.54. The first kappa shape index (κ1) is 15.8. The Hall–Kier alpha value is -1.05. The van der Waals surface area contributed by atoms with Gasteiger partial charge in [0.25, 0.3) is 0 Å². The predicted octanol–water partition coefficient (Wildman–Crippen LogP) is 5.21. The van der Waals surface area contributed by atoms with Crippen LogP contribution in [0.2, 0.25) is 0 Å². The van der Waals surface area contributed by atoms with Crippen molar-refractivity contribution in [2.24, 2.45) is 28.6 Å². The molecule has 1 fully saturated rings. The van der Waals surface area contributed by atoms with E-state index in [1.807, 2.05) is 6.92 Å². The molecule has 2 nitrogen and oxygen atoms in total. The normalized spacial score (nSPS) is 41.3. The molecule has 0 unspecified atom stereocenters. The third-order valence-electron chi connectivity index (χ3n) is 7.07. The van der Waals surface area contributed by atoms with Crippen LogP contribution in [0.15, 0.2) is 23.3 Å². The number of carboxylic acids is 1. The van der Waals surface area contributed by atoms with Crippen LogP contribution in [0.3, 0.4) is 0 Å². The summed E-state index contributed by atoms with van der Waals surface area (Å²) in [5.74, 6) is 0.888. The quantitative estimate of drug-likeness (QED) is 0.760. The van der Waals surface area contributed by atoms with Crippen molar-refractivity contribution in [2.45, 2.75) is 66.2 Å². The molecule has 0 spiro atoms. The Morgan fingerprint density at radius 3 is 2.68 bits per heavy atom. The molecule has 1 N–H and O–H groups in total. The van der Waals surface area contributed by atoms with Gasteiger partial charge in [0.05, 0.1) is 5.41 Å². The van der Waals surface area contributed by atoms with E-state index >= 15 is 0 Å². The minimum Gasteiger partial charge on any atom is -0.481 e. The highest BCUT2D eigenvalue weighted by molar-refractivity contribution is 5.75. The predicted molar refractivity (Wildman–Crippen MR) is 89.5 cm³/mol. The molecule has 0 aromatic rings. The van der Waals surface area contributed by atoms with E-state index in [1.54, 1.807) is 5.57 Å². The van der Waals surface area contributed by atoms with E-state index in [0.29, 0.717) is 11.8 Å². The average molecular weight is 302 g/mol. The van der Waals surface area contributed by atoms with Gasteiger partial charge in [-0.3, -0.25) is 4.79 Å². The lowest BCUT2D eigenvalue weighted by Crippen LogP contribution is -2.53. The Labute approximate surface area is 134 Å². The van der Waals surface area contributed by atoms with E-state index in [4.69, 9.17) is 0 Å². The van der Waals surface area contributed by atoms with Gasteiger partial charge in [-0.25, -0.2) is 0 Å². The van der Waals surface area contributed by atoms with E-state index in [-0.39, 0.29) is 11.3 Å². The van der Waals surface area contributed by atoms with Gasteiger partial charge < -0.3 is 5.11 Å². The van der Waals surface area contributed by atoms with Gasteiger partial charge >= 0.3 is 5.97 Å². The Kier molecular flexibility index (Phi) is 3.78. The molecule has 2 heteroatoms. The Balaban J connectivity index is 2.00. The highest BCUT2D eigenvalue weighted by Crippen LogP contribution is 2.62. The number of fused-ring (bicyclic) bond motifs is 3. The molecule has 4 atom stereocenters. The highest BCUT2D eigenvalue weighted by Gasteiger charge is 2.57. The molecule has 0 saturated heterocycles. The minimum absolute atomic E-state index is 0.161. The maximum absolute atomic E-state index is 11.9. The van der Waals surface area contributed by atoms with Crippen molar-refractivity contribution in [1.29, 1.82) is 0 Å². The van der Waals surface area contributed by atoms with Crippen LogP contribution >= 0.6 is 0 Å². The van der Waals surface area contributed by atoms with Crippen molar-refractivity contribution >= 4 is 5.97 Å². The van der Waals surface area contributed by atoms with Crippen LogP contribution in [0.25, 0.3) is 0 Å². The molecule has 0 radical (unpaired) electrons. The fraction of sp³-hybridized carbons (Fsp3) is 0.750. The number of hydrogen-bond donors (Lipinski definition) is 1. The molecule has 0 heterocycles. The van der Waals surface area contributed by atoms with E-state index < -0.39 is 11.4 Å². The molecule has 0 aromatic carbocycles. The lowest BCUT2D eigenvalue weighted by atomic mass is 9.47. The van der Waals surface area contributed by atoms with Crippen molar-refractivity contribution < 1.29 is 9.90 Å². The van der Waals surface area contributed by atoms with Gasteiger partial charge in [-0.1, -0.05) is 44.9 Å². The van der Waals surface area contributed by atoms with E-state index in [2.05, 4.69) is 32.9 Å². The van der Waals surface area contributed by atoms with Gasteiger partial charge in [0.1, 0.15) is 0 Å². The molecular formula is C20H30O2. The lowest BCUT2D eigenvalue weighted by Gasteiger charge is -2.57.